The fourth-order valence-corrected chi connectivity index (χ4v) is 6.02. The van der Waals surface area contributed by atoms with Crippen molar-refractivity contribution in [1.82, 2.24) is 23.7 Å². The summed E-state index contributed by atoms with van der Waals surface area (Å²) < 4.78 is 30.7. The Labute approximate surface area is 194 Å². The van der Waals surface area contributed by atoms with Crippen molar-refractivity contribution in [2.24, 2.45) is 0 Å². The molecule has 8 heteroatoms. The third-order valence-corrected chi connectivity index (χ3v) is 8.05. The lowest BCUT2D eigenvalue weighted by molar-refractivity contribution is 0.268. The van der Waals surface area contributed by atoms with Crippen LogP contribution in [0, 0.1) is 0 Å². The Morgan fingerprint density at radius 1 is 0.788 bits per heavy atom. The minimum Gasteiger partial charge on any atom is -0.329 e. The number of hydrogen-bond donors (Lipinski definition) is 0. The second-order valence-corrected chi connectivity index (χ2v) is 10.2. The number of fused-ring (bicyclic) bond motifs is 1. The van der Waals surface area contributed by atoms with Crippen LogP contribution < -0.4 is 0 Å². The predicted molar refractivity (Wildman–Crippen MR) is 128 cm³/mol. The zero-order valence-corrected chi connectivity index (χ0v) is 19.2. The molecule has 0 amide bonds. The first-order valence-corrected chi connectivity index (χ1v) is 12.7. The molecule has 0 saturated carbocycles. The van der Waals surface area contributed by atoms with Crippen LogP contribution in [0.1, 0.15) is 17.8 Å². The van der Waals surface area contributed by atoms with Gasteiger partial charge in [0.1, 0.15) is 10.7 Å². The van der Waals surface area contributed by atoms with Crippen LogP contribution in [0.3, 0.4) is 0 Å². The number of imidazole rings is 1. The van der Waals surface area contributed by atoms with Gasteiger partial charge in [0.15, 0.2) is 0 Å². The maximum atomic E-state index is 13.5. The van der Waals surface area contributed by atoms with Crippen molar-refractivity contribution < 1.29 is 8.42 Å². The highest BCUT2D eigenvalue weighted by Gasteiger charge is 2.29. The summed E-state index contributed by atoms with van der Waals surface area (Å²) in [6, 6.07) is 19.4. The Balaban J connectivity index is 1.29. The molecule has 0 unspecified atom stereocenters. The Hall–Kier alpha value is -3.07. The third kappa shape index (κ3) is 4.68. The van der Waals surface area contributed by atoms with E-state index < -0.39 is 10.0 Å². The monoisotopic (exact) mass is 461 g/mol. The number of benzene rings is 2. The Morgan fingerprint density at radius 3 is 2.52 bits per heavy atom. The molecule has 1 aliphatic heterocycles. The van der Waals surface area contributed by atoms with Gasteiger partial charge in [0.2, 0.25) is 10.0 Å². The minimum absolute atomic E-state index is 0.285. The van der Waals surface area contributed by atoms with Crippen molar-refractivity contribution >= 4 is 20.9 Å². The number of aromatic nitrogens is 3. The molecule has 0 atom stereocenters. The normalized spacial score (nSPS) is 16.1. The van der Waals surface area contributed by atoms with Gasteiger partial charge < -0.3 is 4.57 Å². The molecule has 2 aromatic heterocycles. The summed E-state index contributed by atoms with van der Waals surface area (Å²) in [5.74, 6) is 0.994. The van der Waals surface area contributed by atoms with Gasteiger partial charge in [0, 0.05) is 50.2 Å². The largest absolute Gasteiger partial charge is 0.329 e. The van der Waals surface area contributed by atoms with Crippen LogP contribution >= 0.6 is 0 Å². The third-order valence-electron chi connectivity index (χ3n) is 6.12. The summed E-state index contributed by atoms with van der Waals surface area (Å²) in [7, 11) is -3.62. The van der Waals surface area contributed by atoms with Crippen LogP contribution in [0.15, 0.2) is 84.1 Å². The fourth-order valence-electron chi connectivity index (χ4n) is 4.38. The zero-order chi connectivity index (χ0) is 22.7. The highest BCUT2D eigenvalue weighted by atomic mass is 32.2. The van der Waals surface area contributed by atoms with Gasteiger partial charge in [0.25, 0.3) is 0 Å². The molecular formula is C25H27N5O2S. The molecule has 0 spiro atoms. The lowest BCUT2D eigenvalue weighted by Crippen LogP contribution is -2.35. The predicted octanol–water partition coefficient (Wildman–Crippen LogP) is 3.38. The molecule has 7 nitrogen and oxygen atoms in total. The topological polar surface area (TPSA) is 71.3 Å². The number of sulfonamides is 1. The first-order chi connectivity index (χ1) is 16.1. The molecule has 0 N–H and O–H groups in total. The summed E-state index contributed by atoms with van der Waals surface area (Å²) >= 11 is 0. The van der Waals surface area contributed by atoms with Crippen molar-refractivity contribution in [1.29, 1.82) is 0 Å². The quantitative estimate of drug-likeness (QED) is 0.440. The molecule has 33 heavy (non-hydrogen) atoms. The van der Waals surface area contributed by atoms with E-state index in [2.05, 4.69) is 31.6 Å². The number of hydrogen-bond acceptors (Lipinski definition) is 5. The molecule has 4 aromatic rings. The van der Waals surface area contributed by atoms with Crippen LogP contribution in [-0.4, -0.2) is 58.3 Å². The summed E-state index contributed by atoms with van der Waals surface area (Å²) in [4.78, 5) is 11.5. The van der Waals surface area contributed by atoms with E-state index in [1.807, 2.05) is 48.8 Å². The van der Waals surface area contributed by atoms with Gasteiger partial charge in [-0.1, -0.05) is 48.5 Å². The van der Waals surface area contributed by atoms with Crippen molar-refractivity contribution in [3.8, 4) is 0 Å². The first kappa shape index (κ1) is 21.8. The molecule has 0 aliphatic carbocycles. The smallest absolute Gasteiger partial charge is 0.245 e. The fraction of sp³-hybridized carbons (Fsp3) is 0.280. The maximum absolute atomic E-state index is 13.5. The number of nitrogens with zero attached hydrogens (tertiary/aromatic N) is 5. The Kier molecular flexibility index (Phi) is 6.22. The van der Waals surface area contributed by atoms with Gasteiger partial charge in [0.05, 0.1) is 12.1 Å². The van der Waals surface area contributed by atoms with Gasteiger partial charge in [-0.05, 0) is 30.7 Å². The highest BCUT2D eigenvalue weighted by molar-refractivity contribution is 7.89. The molecule has 3 heterocycles. The van der Waals surface area contributed by atoms with Gasteiger partial charge in [-0.15, -0.1) is 0 Å². The first-order valence-electron chi connectivity index (χ1n) is 11.2. The Morgan fingerprint density at radius 2 is 1.64 bits per heavy atom. The van der Waals surface area contributed by atoms with Gasteiger partial charge >= 0.3 is 0 Å². The number of pyridine rings is 1. The maximum Gasteiger partial charge on any atom is 0.245 e. The molecule has 1 saturated heterocycles. The summed E-state index contributed by atoms with van der Waals surface area (Å²) in [5, 5.41) is 0.834. The van der Waals surface area contributed by atoms with Crippen molar-refractivity contribution in [3.63, 3.8) is 0 Å². The van der Waals surface area contributed by atoms with E-state index in [4.69, 9.17) is 0 Å². The molecule has 0 bridgehead atoms. The molecular weight excluding hydrogens is 434 g/mol. The van der Waals surface area contributed by atoms with Crippen LogP contribution in [0.2, 0.25) is 0 Å². The second kappa shape index (κ2) is 9.43. The van der Waals surface area contributed by atoms with E-state index in [1.165, 1.54) is 5.56 Å². The van der Waals surface area contributed by atoms with Gasteiger partial charge in [-0.2, -0.15) is 4.31 Å². The second-order valence-electron chi connectivity index (χ2n) is 8.32. The van der Waals surface area contributed by atoms with Gasteiger partial charge in [-0.25, -0.2) is 13.4 Å². The average Bonchev–Trinajstić information content (AvgIpc) is 3.12. The van der Waals surface area contributed by atoms with Crippen molar-refractivity contribution in [3.05, 3.63) is 90.6 Å². The van der Waals surface area contributed by atoms with Crippen LogP contribution in [0.25, 0.3) is 10.9 Å². The van der Waals surface area contributed by atoms with Crippen LogP contribution in [-0.2, 0) is 23.1 Å². The summed E-state index contributed by atoms with van der Waals surface area (Å²) in [5.41, 5.74) is 1.76. The molecule has 5 rings (SSSR count). The average molecular weight is 462 g/mol. The van der Waals surface area contributed by atoms with Crippen LogP contribution in [0.4, 0.5) is 0 Å². The molecule has 1 aliphatic rings. The highest BCUT2D eigenvalue weighted by Crippen LogP contribution is 2.25. The minimum atomic E-state index is -3.62. The van der Waals surface area contributed by atoms with E-state index in [9.17, 15) is 8.42 Å². The van der Waals surface area contributed by atoms with E-state index in [0.717, 1.165) is 30.7 Å². The van der Waals surface area contributed by atoms with Gasteiger partial charge in [-0.3, -0.25) is 9.88 Å². The molecule has 170 valence electrons. The van der Waals surface area contributed by atoms with E-state index >= 15 is 0 Å². The van der Waals surface area contributed by atoms with E-state index in [1.54, 1.807) is 22.6 Å². The van der Waals surface area contributed by atoms with Crippen LogP contribution in [0.5, 0.6) is 0 Å². The molecule has 0 radical (unpaired) electrons. The Bertz CT molecular complexity index is 1330. The summed E-state index contributed by atoms with van der Waals surface area (Å²) in [6.45, 7) is 3.92. The lowest BCUT2D eigenvalue weighted by Gasteiger charge is -2.22. The molecule has 1 fully saturated rings. The standard InChI is InChI=1S/C25H27N5O2S/c31-33(32,23-11-4-9-22-10-5-12-27-25(22)23)30-15-6-14-28(17-18-30)20-24-26-13-16-29(24)19-21-7-2-1-3-8-21/h1-5,7-13,16H,6,14-15,17-20H2. The number of para-hydroxylation sites is 1. The summed E-state index contributed by atoms with van der Waals surface area (Å²) in [6.07, 6.45) is 6.25. The SMILES string of the molecule is O=S(=O)(c1cccc2cccnc12)N1CCCN(Cc2nccn2Cc2ccccc2)CC1. The van der Waals surface area contributed by atoms with Crippen molar-refractivity contribution in [2.75, 3.05) is 26.2 Å². The van der Waals surface area contributed by atoms with E-state index in [-0.39, 0.29) is 4.90 Å². The van der Waals surface area contributed by atoms with Crippen molar-refractivity contribution in [2.45, 2.75) is 24.4 Å². The lowest BCUT2D eigenvalue weighted by atomic mass is 10.2. The zero-order valence-electron chi connectivity index (χ0n) is 18.4. The molecule has 2 aromatic carbocycles. The number of rotatable bonds is 6. The van der Waals surface area contributed by atoms with E-state index in [0.29, 0.717) is 31.7 Å².